The summed E-state index contributed by atoms with van der Waals surface area (Å²) in [5.74, 6) is 0.758. The summed E-state index contributed by atoms with van der Waals surface area (Å²) in [7, 11) is 0. The molecule has 0 bridgehead atoms. The van der Waals surface area contributed by atoms with Crippen molar-refractivity contribution < 1.29 is 0 Å². The van der Waals surface area contributed by atoms with Gasteiger partial charge < -0.3 is 11.1 Å². The topological polar surface area (TPSA) is 61.8 Å². The molecule has 0 aromatic heterocycles. The van der Waals surface area contributed by atoms with E-state index < -0.39 is 5.41 Å². The molecular weight excluding hydrogens is 334 g/mol. The maximum Gasteiger partial charge on any atom is 0.133 e. The summed E-state index contributed by atoms with van der Waals surface area (Å²) in [5.41, 5.74) is 6.83. The Morgan fingerprint density at radius 1 is 1.08 bits per heavy atom. The molecule has 2 rings (SSSR count). The highest BCUT2D eigenvalue weighted by Crippen LogP contribution is 2.36. The first-order valence-corrected chi connectivity index (χ1v) is 9.25. The van der Waals surface area contributed by atoms with Crippen LogP contribution < -0.4 is 11.1 Å². The zero-order chi connectivity index (χ0) is 17.3. The Hall–Kier alpha value is -1.87. The Morgan fingerprint density at radius 3 is 2.08 bits per heavy atom. The largest absolute Gasteiger partial charge is 0.370 e. The number of nitrogens with one attached hydrogen (secondary N) is 1. The van der Waals surface area contributed by atoms with E-state index in [1.807, 2.05) is 60.7 Å². The highest BCUT2D eigenvalue weighted by Gasteiger charge is 2.34. The summed E-state index contributed by atoms with van der Waals surface area (Å²) in [6, 6.07) is 22.5. The summed E-state index contributed by atoms with van der Waals surface area (Å²) in [6.45, 7) is 1.23. The fourth-order valence-corrected chi connectivity index (χ4v) is 3.76. The molecule has 2 aromatic rings. The molecule has 0 unspecified atom stereocenters. The lowest BCUT2D eigenvalue weighted by atomic mass is 9.74. The number of rotatable bonds is 7. The minimum atomic E-state index is -0.668. The van der Waals surface area contributed by atoms with Crippen molar-refractivity contribution in [1.29, 1.82) is 5.26 Å². The molecule has 124 valence electrons. The van der Waals surface area contributed by atoms with Gasteiger partial charge in [-0.1, -0.05) is 84.6 Å². The fraction of sp³-hybridized carbons (Fsp3) is 0.263. The first-order valence-electron chi connectivity index (χ1n) is 7.86. The van der Waals surface area contributed by atoms with Crippen molar-refractivity contribution in [3.63, 3.8) is 0 Å². The van der Waals surface area contributed by atoms with E-state index in [4.69, 9.17) is 18.0 Å². The van der Waals surface area contributed by atoms with Crippen LogP contribution >= 0.6 is 24.0 Å². The minimum absolute atomic E-state index is 0.552. The van der Waals surface area contributed by atoms with Gasteiger partial charge in [-0.3, -0.25) is 0 Å². The molecule has 3 nitrogen and oxygen atoms in total. The van der Waals surface area contributed by atoms with Crippen LogP contribution in [0.25, 0.3) is 0 Å². The summed E-state index contributed by atoms with van der Waals surface area (Å²) in [6.07, 6.45) is 0.687. The number of nitrogens with two attached hydrogens (primary N) is 1. The normalized spacial score (nSPS) is 10.8. The van der Waals surface area contributed by atoms with Gasteiger partial charge in [-0.2, -0.15) is 5.26 Å². The van der Waals surface area contributed by atoms with Gasteiger partial charge in [0.2, 0.25) is 0 Å². The third-order valence-corrected chi connectivity index (χ3v) is 5.16. The van der Waals surface area contributed by atoms with Gasteiger partial charge in [0, 0.05) is 18.8 Å². The maximum absolute atomic E-state index is 10.1. The van der Waals surface area contributed by atoms with E-state index in [0.29, 0.717) is 19.5 Å². The number of hydrogen-bond acceptors (Lipinski definition) is 4. The quantitative estimate of drug-likeness (QED) is 0.745. The van der Waals surface area contributed by atoms with Crippen LogP contribution in [0.4, 0.5) is 0 Å². The molecule has 0 fully saturated rings. The molecule has 2 aromatic carbocycles. The summed E-state index contributed by atoms with van der Waals surface area (Å²) < 4.78 is 0.730. The number of benzene rings is 2. The highest BCUT2D eigenvalue weighted by molar-refractivity contribution is 8.22. The molecule has 0 saturated carbocycles. The Kier molecular flexibility index (Phi) is 7.26. The van der Waals surface area contributed by atoms with Crippen molar-refractivity contribution in [2.24, 2.45) is 5.73 Å². The van der Waals surface area contributed by atoms with Crippen molar-refractivity contribution in [2.45, 2.75) is 11.8 Å². The SMILES string of the molecule is N#CC(CCSC(=S)NCCN)(c1ccccc1)c1ccccc1. The third kappa shape index (κ3) is 4.57. The summed E-state index contributed by atoms with van der Waals surface area (Å²) in [4.78, 5) is 0. The monoisotopic (exact) mass is 355 g/mol. The molecule has 0 amide bonds. The smallest absolute Gasteiger partial charge is 0.133 e. The van der Waals surface area contributed by atoms with Gasteiger partial charge in [0.15, 0.2) is 0 Å². The molecule has 0 radical (unpaired) electrons. The van der Waals surface area contributed by atoms with E-state index in [2.05, 4.69) is 11.4 Å². The number of thioether (sulfide) groups is 1. The van der Waals surface area contributed by atoms with Crippen LogP contribution in [0.5, 0.6) is 0 Å². The van der Waals surface area contributed by atoms with Gasteiger partial charge in [-0.15, -0.1) is 0 Å². The first kappa shape index (κ1) is 18.5. The highest BCUT2D eigenvalue weighted by atomic mass is 32.2. The lowest BCUT2D eigenvalue weighted by Gasteiger charge is -2.28. The summed E-state index contributed by atoms with van der Waals surface area (Å²) >= 11 is 6.85. The predicted octanol–water partition coefficient (Wildman–Crippen LogP) is 3.45. The second-order valence-electron chi connectivity index (χ2n) is 5.35. The van der Waals surface area contributed by atoms with Crippen molar-refractivity contribution in [3.05, 3.63) is 71.8 Å². The maximum atomic E-state index is 10.1. The molecule has 0 atom stereocenters. The van der Waals surface area contributed by atoms with E-state index in [1.54, 1.807) is 11.8 Å². The van der Waals surface area contributed by atoms with Gasteiger partial charge in [0.1, 0.15) is 9.74 Å². The second kappa shape index (κ2) is 9.43. The van der Waals surface area contributed by atoms with Gasteiger partial charge in [-0.05, 0) is 17.5 Å². The fourth-order valence-electron chi connectivity index (χ4n) is 2.61. The van der Waals surface area contributed by atoms with Crippen LogP contribution in [0.2, 0.25) is 0 Å². The Balaban J connectivity index is 2.21. The molecule has 0 aliphatic heterocycles. The summed E-state index contributed by atoms with van der Waals surface area (Å²) in [5, 5.41) is 13.2. The van der Waals surface area contributed by atoms with Crippen molar-refractivity contribution in [1.82, 2.24) is 5.32 Å². The van der Waals surface area contributed by atoms with Crippen LogP contribution in [0.3, 0.4) is 0 Å². The molecule has 24 heavy (non-hydrogen) atoms. The van der Waals surface area contributed by atoms with Crippen molar-refractivity contribution in [3.8, 4) is 6.07 Å². The minimum Gasteiger partial charge on any atom is -0.370 e. The molecule has 3 N–H and O–H groups in total. The molecule has 0 aliphatic rings. The molecule has 0 saturated heterocycles. The van der Waals surface area contributed by atoms with E-state index in [-0.39, 0.29) is 0 Å². The van der Waals surface area contributed by atoms with Crippen molar-refractivity contribution in [2.75, 3.05) is 18.8 Å². The predicted molar refractivity (Wildman–Crippen MR) is 106 cm³/mol. The van der Waals surface area contributed by atoms with Crippen LogP contribution in [0, 0.1) is 11.3 Å². The molecule has 5 heteroatoms. The number of nitrogens with zero attached hydrogens (tertiary/aromatic N) is 1. The molecule has 0 aliphatic carbocycles. The Bertz CT molecular complexity index is 641. The lowest BCUT2D eigenvalue weighted by molar-refractivity contribution is 0.638. The number of hydrogen-bond donors (Lipinski definition) is 2. The molecular formula is C19H21N3S2. The average Bonchev–Trinajstić information content (AvgIpc) is 2.65. The first-order chi connectivity index (χ1) is 11.7. The van der Waals surface area contributed by atoms with Crippen LogP contribution in [0.1, 0.15) is 17.5 Å². The van der Waals surface area contributed by atoms with Gasteiger partial charge in [0.05, 0.1) is 6.07 Å². The number of thiocarbonyl (C=S) groups is 1. The van der Waals surface area contributed by atoms with Gasteiger partial charge in [0.25, 0.3) is 0 Å². The zero-order valence-electron chi connectivity index (χ0n) is 13.4. The average molecular weight is 356 g/mol. The van der Waals surface area contributed by atoms with Gasteiger partial charge >= 0.3 is 0 Å². The Labute approximate surface area is 153 Å². The molecule has 0 spiro atoms. The second-order valence-corrected chi connectivity index (χ2v) is 7.12. The van der Waals surface area contributed by atoms with Gasteiger partial charge in [-0.25, -0.2) is 0 Å². The Morgan fingerprint density at radius 2 is 1.62 bits per heavy atom. The third-order valence-electron chi connectivity index (χ3n) is 3.85. The van der Waals surface area contributed by atoms with E-state index in [0.717, 1.165) is 21.2 Å². The molecule has 0 heterocycles. The van der Waals surface area contributed by atoms with E-state index >= 15 is 0 Å². The zero-order valence-corrected chi connectivity index (χ0v) is 15.1. The van der Waals surface area contributed by atoms with Crippen LogP contribution in [0.15, 0.2) is 60.7 Å². The standard InChI is InChI=1S/C19H21N3S2/c20-12-13-22-18(23)24-14-11-19(15-21,16-7-3-1-4-8-16)17-9-5-2-6-10-17/h1-10H,11-14,20H2,(H,22,23). The van der Waals surface area contributed by atoms with Crippen LogP contribution in [-0.4, -0.2) is 23.2 Å². The van der Waals surface area contributed by atoms with Crippen LogP contribution in [-0.2, 0) is 5.41 Å². The van der Waals surface area contributed by atoms with E-state index in [1.165, 1.54) is 0 Å². The van der Waals surface area contributed by atoms with E-state index in [9.17, 15) is 5.26 Å². The lowest BCUT2D eigenvalue weighted by Crippen LogP contribution is -2.28. The van der Waals surface area contributed by atoms with Crippen molar-refractivity contribution >= 4 is 28.3 Å². The number of nitriles is 1.